The molecule has 1 saturated heterocycles. The Balaban J connectivity index is 2.25. The second-order valence-electron chi connectivity index (χ2n) is 13.4. The van der Waals surface area contributed by atoms with E-state index in [2.05, 4.69) is 13.8 Å². The van der Waals surface area contributed by atoms with Crippen LogP contribution in [0, 0.1) is 0 Å². The average Bonchev–Trinajstić information content (AvgIpc) is 3.05. The molecule has 0 bridgehead atoms. The van der Waals surface area contributed by atoms with Gasteiger partial charge in [-0.3, -0.25) is 0 Å². The molecule has 1 fully saturated rings. The Morgan fingerprint density at radius 2 is 0.933 bits per heavy atom. The van der Waals surface area contributed by atoms with E-state index < -0.39 is 37.3 Å². The van der Waals surface area contributed by atoms with E-state index in [-0.39, 0.29) is 12.7 Å². The van der Waals surface area contributed by atoms with Gasteiger partial charge < -0.3 is 39.4 Å². The van der Waals surface area contributed by atoms with E-state index >= 15 is 0 Å². The van der Waals surface area contributed by atoms with Gasteiger partial charge >= 0.3 is 0 Å². The van der Waals surface area contributed by atoms with Crippen LogP contribution >= 0.6 is 0 Å². The zero-order valence-electron chi connectivity index (χ0n) is 29.4. The van der Waals surface area contributed by atoms with Crippen LogP contribution < -0.4 is 0 Å². The molecule has 0 aromatic heterocycles. The average molecular weight is 647 g/mol. The molecule has 0 unspecified atom stereocenters. The lowest BCUT2D eigenvalue weighted by atomic mass is 9.99. The van der Waals surface area contributed by atoms with Gasteiger partial charge in [-0.15, -0.1) is 0 Å². The predicted octanol–water partition coefficient (Wildman–Crippen LogP) is 7.61. The molecule has 45 heavy (non-hydrogen) atoms. The maximum atomic E-state index is 10.3. The Labute approximate surface area is 277 Å². The molecule has 8 nitrogen and oxygen atoms in total. The van der Waals surface area contributed by atoms with Crippen molar-refractivity contribution in [1.82, 2.24) is 0 Å². The summed E-state index contributed by atoms with van der Waals surface area (Å²) in [5, 5.41) is 39.9. The molecule has 0 saturated carbocycles. The summed E-state index contributed by atoms with van der Waals surface area (Å²) < 4.78 is 23.4. The van der Waals surface area contributed by atoms with Crippen LogP contribution in [0.15, 0.2) is 0 Å². The normalized spacial score (nSPS) is 22.7. The Morgan fingerprint density at radius 1 is 0.511 bits per heavy atom. The third-order valence-corrected chi connectivity index (χ3v) is 9.09. The van der Waals surface area contributed by atoms with Crippen molar-refractivity contribution in [3.05, 3.63) is 0 Å². The Morgan fingerprint density at radius 3 is 1.38 bits per heavy atom. The molecule has 270 valence electrons. The number of ether oxygens (including phenoxy) is 4. The van der Waals surface area contributed by atoms with Crippen LogP contribution in [-0.4, -0.2) is 90.3 Å². The molecule has 0 aromatic rings. The summed E-state index contributed by atoms with van der Waals surface area (Å²) in [7, 11) is 0. The van der Waals surface area contributed by atoms with Crippen molar-refractivity contribution in [2.45, 2.75) is 205 Å². The second kappa shape index (κ2) is 31.0. The van der Waals surface area contributed by atoms with Crippen LogP contribution in [0.4, 0.5) is 0 Å². The van der Waals surface area contributed by atoms with Crippen molar-refractivity contribution in [1.29, 1.82) is 0 Å². The van der Waals surface area contributed by atoms with Gasteiger partial charge in [0.15, 0.2) is 6.29 Å². The van der Waals surface area contributed by atoms with Gasteiger partial charge in [0.1, 0.15) is 30.5 Å². The number of aliphatic hydroxyl groups excluding tert-OH is 4. The highest BCUT2D eigenvalue weighted by Gasteiger charge is 2.44. The summed E-state index contributed by atoms with van der Waals surface area (Å²) in [5.41, 5.74) is 0. The van der Waals surface area contributed by atoms with Crippen molar-refractivity contribution in [2.24, 2.45) is 0 Å². The van der Waals surface area contributed by atoms with Crippen molar-refractivity contribution in [3.8, 4) is 0 Å². The SMILES string of the molecule is CCCCCCCCCCCCCCOC[C@H](CO[C@@H]1O[C@H](CO)[C@@H](O)[C@H](O)[C@H]1O)OCCCCCCCCCCCCCC. The Bertz CT molecular complexity index is 607. The summed E-state index contributed by atoms with van der Waals surface area (Å²) in [6.07, 6.45) is 24.4. The van der Waals surface area contributed by atoms with E-state index in [1.807, 2.05) is 0 Å². The highest BCUT2D eigenvalue weighted by atomic mass is 16.7. The van der Waals surface area contributed by atoms with Crippen molar-refractivity contribution in [3.63, 3.8) is 0 Å². The lowest BCUT2D eigenvalue weighted by Crippen LogP contribution is -2.59. The number of unbranched alkanes of at least 4 members (excludes halogenated alkanes) is 22. The van der Waals surface area contributed by atoms with E-state index in [0.29, 0.717) is 19.8 Å². The molecular formula is C37H74O8. The zero-order chi connectivity index (χ0) is 32.8. The minimum absolute atomic E-state index is 0.124. The monoisotopic (exact) mass is 647 g/mol. The summed E-state index contributed by atoms with van der Waals surface area (Å²) in [4.78, 5) is 0. The molecule has 1 aliphatic heterocycles. The van der Waals surface area contributed by atoms with Gasteiger partial charge in [0.2, 0.25) is 0 Å². The molecule has 8 heteroatoms. The van der Waals surface area contributed by atoms with E-state index in [4.69, 9.17) is 18.9 Å². The largest absolute Gasteiger partial charge is 0.394 e. The first-order valence-electron chi connectivity index (χ1n) is 19.2. The quantitative estimate of drug-likeness (QED) is 0.0539. The molecule has 0 aliphatic carbocycles. The minimum atomic E-state index is -1.46. The van der Waals surface area contributed by atoms with Crippen LogP contribution in [0.5, 0.6) is 0 Å². The predicted molar refractivity (Wildman–Crippen MR) is 182 cm³/mol. The number of hydrogen-bond acceptors (Lipinski definition) is 8. The van der Waals surface area contributed by atoms with Crippen LogP contribution in [0.1, 0.15) is 168 Å². The first kappa shape index (κ1) is 42.7. The van der Waals surface area contributed by atoms with Crippen LogP contribution in [0.2, 0.25) is 0 Å². The van der Waals surface area contributed by atoms with Crippen molar-refractivity contribution in [2.75, 3.05) is 33.0 Å². The number of aliphatic hydroxyl groups is 4. The first-order valence-corrected chi connectivity index (χ1v) is 19.2. The summed E-state index contributed by atoms with van der Waals surface area (Å²) in [6.45, 7) is 5.84. The summed E-state index contributed by atoms with van der Waals surface area (Å²) in [5.74, 6) is 0. The van der Waals surface area contributed by atoms with Crippen molar-refractivity contribution < 1.29 is 39.4 Å². The van der Waals surface area contributed by atoms with Crippen LogP contribution in [0.3, 0.4) is 0 Å². The Hall–Kier alpha value is -0.320. The highest BCUT2D eigenvalue weighted by Crippen LogP contribution is 2.22. The third-order valence-electron chi connectivity index (χ3n) is 9.09. The molecule has 1 rings (SSSR count). The van der Waals surface area contributed by atoms with E-state index in [9.17, 15) is 20.4 Å². The lowest BCUT2D eigenvalue weighted by molar-refractivity contribution is -0.306. The molecule has 0 aromatic carbocycles. The van der Waals surface area contributed by atoms with Crippen LogP contribution in [0.25, 0.3) is 0 Å². The standard InChI is InChI=1S/C37H74O8/c1-3-5-7-9-11-13-15-17-19-21-23-25-27-42-30-32(31-44-37-36(41)35(40)34(39)33(29-38)45-37)43-28-26-24-22-20-18-16-14-12-10-8-6-4-2/h32-41H,3-31H2,1-2H3/t32-,33-,34-,35+,36-,37-/m1/s1. The zero-order valence-corrected chi connectivity index (χ0v) is 29.4. The molecule has 6 atom stereocenters. The van der Waals surface area contributed by atoms with Gasteiger partial charge in [0.05, 0.1) is 19.8 Å². The van der Waals surface area contributed by atoms with Gasteiger partial charge in [-0.1, -0.05) is 155 Å². The molecule has 0 amide bonds. The van der Waals surface area contributed by atoms with Crippen LogP contribution in [-0.2, 0) is 18.9 Å². The summed E-state index contributed by atoms with van der Waals surface area (Å²) >= 11 is 0. The fourth-order valence-electron chi connectivity index (χ4n) is 6.00. The molecule has 1 aliphatic rings. The van der Waals surface area contributed by atoms with Gasteiger partial charge in [-0.25, -0.2) is 0 Å². The molecule has 1 heterocycles. The fourth-order valence-corrected chi connectivity index (χ4v) is 6.00. The topological polar surface area (TPSA) is 118 Å². The molecular weight excluding hydrogens is 572 g/mol. The van der Waals surface area contributed by atoms with Gasteiger partial charge in [0.25, 0.3) is 0 Å². The number of hydrogen-bond donors (Lipinski definition) is 4. The summed E-state index contributed by atoms with van der Waals surface area (Å²) in [6, 6.07) is 0. The fraction of sp³-hybridized carbons (Fsp3) is 1.00. The van der Waals surface area contributed by atoms with E-state index in [0.717, 1.165) is 19.3 Å². The third kappa shape index (κ3) is 22.8. The van der Waals surface area contributed by atoms with Crippen molar-refractivity contribution >= 4 is 0 Å². The number of rotatable bonds is 33. The maximum Gasteiger partial charge on any atom is 0.186 e. The van der Waals surface area contributed by atoms with E-state index in [1.165, 1.54) is 135 Å². The van der Waals surface area contributed by atoms with E-state index in [1.54, 1.807) is 0 Å². The maximum absolute atomic E-state index is 10.3. The highest BCUT2D eigenvalue weighted by molar-refractivity contribution is 4.89. The smallest absolute Gasteiger partial charge is 0.186 e. The second-order valence-corrected chi connectivity index (χ2v) is 13.4. The van der Waals surface area contributed by atoms with Gasteiger partial charge in [0, 0.05) is 13.2 Å². The molecule has 0 radical (unpaired) electrons. The molecule has 4 N–H and O–H groups in total. The lowest BCUT2D eigenvalue weighted by Gasteiger charge is -2.39. The first-order chi connectivity index (χ1) is 22.0. The van der Waals surface area contributed by atoms with Gasteiger partial charge in [-0.05, 0) is 12.8 Å². The molecule has 0 spiro atoms. The Kier molecular flexibility index (Phi) is 29.4. The minimum Gasteiger partial charge on any atom is -0.394 e. The van der Waals surface area contributed by atoms with Gasteiger partial charge in [-0.2, -0.15) is 0 Å².